The van der Waals surface area contributed by atoms with Crippen molar-refractivity contribution in [2.45, 2.75) is 25.9 Å². The van der Waals surface area contributed by atoms with Crippen LogP contribution in [-0.2, 0) is 27.3 Å². The Morgan fingerprint density at radius 2 is 1.69 bits per heavy atom. The maximum Gasteiger partial charge on any atom is 0.329 e. The fraction of sp³-hybridized carbons (Fsp3) is 0.250. The van der Waals surface area contributed by atoms with Gasteiger partial charge in [0.05, 0.1) is 6.61 Å². The summed E-state index contributed by atoms with van der Waals surface area (Å²) in [6, 6.07) is 21.0. The van der Waals surface area contributed by atoms with Crippen LogP contribution in [0.3, 0.4) is 0 Å². The highest BCUT2D eigenvalue weighted by atomic mass is 16.5. The van der Waals surface area contributed by atoms with Gasteiger partial charge in [-0.15, -0.1) is 0 Å². The molecule has 0 aromatic heterocycles. The summed E-state index contributed by atoms with van der Waals surface area (Å²) < 4.78 is 11.0. The lowest BCUT2D eigenvalue weighted by molar-refractivity contribution is -0.156. The number of nitrogens with zero attached hydrogens (tertiary/aromatic N) is 1. The van der Waals surface area contributed by atoms with Crippen LogP contribution in [0.15, 0.2) is 66.7 Å². The molecule has 1 heterocycles. The summed E-state index contributed by atoms with van der Waals surface area (Å²) in [5.74, 6) is 0.0221. The molecule has 4 rings (SSSR count). The average Bonchev–Trinajstić information content (AvgIpc) is 2.76. The van der Waals surface area contributed by atoms with Crippen molar-refractivity contribution in [1.82, 2.24) is 4.90 Å². The Labute approximate surface area is 169 Å². The minimum atomic E-state index is -0.627. The molecule has 1 aliphatic rings. The van der Waals surface area contributed by atoms with Crippen molar-refractivity contribution in [2.75, 3.05) is 13.2 Å². The minimum absolute atomic E-state index is 0.129. The zero-order valence-corrected chi connectivity index (χ0v) is 16.3. The fourth-order valence-corrected chi connectivity index (χ4v) is 3.72. The fourth-order valence-electron chi connectivity index (χ4n) is 3.72. The molecule has 0 N–H and O–H groups in total. The first-order chi connectivity index (χ1) is 14.2. The van der Waals surface area contributed by atoms with Gasteiger partial charge in [0, 0.05) is 13.0 Å². The second kappa shape index (κ2) is 8.35. The molecule has 3 aromatic carbocycles. The Morgan fingerprint density at radius 1 is 0.966 bits per heavy atom. The van der Waals surface area contributed by atoms with Gasteiger partial charge in [-0.2, -0.15) is 0 Å². The van der Waals surface area contributed by atoms with Gasteiger partial charge >= 0.3 is 5.97 Å². The number of fused-ring (bicyclic) bond motifs is 2. The maximum atomic E-state index is 13.0. The first-order valence-electron chi connectivity index (χ1n) is 9.80. The van der Waals surface area contributed by atoms with Crippen LogP contribution in [0.4, 0.5) is 0 Å². The minimum Gasteiger partial charge on any atom is -0.484 e. The van der Waals surface area contributed by atoms with E-state index in [9.17, 15) is 9.59 Å². The van der Waals surface area contributed by atoms with Gasteiger partial charge in [0.25, 0.3) is 5.91 Å². The third-order valence-corrected chi connectivity index (χ3v) is 5.21. The molecule has 0 aliphatic carbocycles. The van der Waals surface area contributed by atoms with Crippen LogP contribution in [0.1, 0.15) is 18.1 Å². The first-order valence-corrected chi connectivity index (χ1v) is 9.80. The van der Waals surface area contributed by atoms with E-state index in [-0.39, 0.29) is 25.1 Å². The predicted molar refractivity (Wildman–Crippen MR) is 111 cm³/mol. The van der Waals surface area contributed by atoms with Gasteiger partial charge in [-0.05, 0) is 41.0 Å². The molecule has 0 saturated heterocycles. The normalized spacial score (nSPS) is 15.6. The Morgan fingerprint density at radius 3 is 2.48 bits per heavy atom. The number of carbonyl (C=O) groups is 2. The molecule has 29 heavy (non-hydrogen) atoms. The Kier molecular flexibility index (Phi) is 5.47. The lowest BCUT2D eigenvalue weighted by atomic mass is 9.94. The third kappa shape index (κ3) is 4.09. The molecule has 1 amide bonds. The zero-order chi connectivity index (χ0) is 20.2. The van der Waals surface area contributed by atoms with Crippen LogP contribution < -0.4 is 4.74 Å². The van der Waals surface area contributed by atoms with Gasteiger partial charge in [-0.3, -0.25) is 4.79 Å². The number of benzene rings is 3. The van der Waals surface area contributed by atoms with Gasteiger partial charge in [0.1, 0.15) is 11.8 Å². The quantitative estimate of drug-likeness (QED) is 0.624. The van der Waals surface area contributed by atoms with Crippen LogP contribution in [0, 0.1) is 0 Å². The highest BCUT2D eigenvalue weighted by Crippen LogP contribution is 2.25. The SMILES string of the molecule is CCOC(=O)C1Cc2ccccc2CN1C(=O)COc1ccc2ccccc2c1. The number of ether oxygens (including phenoxy) is 2. The van der Waals surface area contributed by atoms with Crippen LogP contribution >= 0.6 is 0 Å². The van der Waals surface area contributed by atoms with E-state index in [0.29, 0.717) is 18.7 Å². The van der Waals surface area contributed by atoms with E-state index in [1.807, 2.05) is 66.7 Å². The summed E-state index contributed by atoms with van der Waals surface area (Å²) >= 11 is 0. The summed E-state index contributed by atoms with van der Waals surface area (Å²) in [6.45, 7) is 2.30. The van der Waals surface area contributed by atoms with Crippen LogP contribution in [0.5, 0.6) is 5.75 Å². The van der Waals surface area contributed by atoms with E-state index in [1.54, 1.807) is 11.8 Å². The molecular formula is C24H23NO4. The molecule has 0 saturated carbocycles. The monoisotopic (exact) mass is 389 g/mol. The zero-order valence-electron chi connectivity index (χ0n) is 16.3. The van der Waals surface area contributed by atoms with E-state index < -0.39 is 6.04 Å². The van der Waals surface area contributed by atoms with Crippen molar-refractivity contribution in [2.24, 2.45) is 0 Å². The molecule has 3 aromatic rings. The Bertz CT molecular complexity index is 1050. The maximum absolute atomic E-state index is 13.0. The first kappa shape index (κ1) is 19.0. The van der Waals surface area contributed by atoms with Crippen molar-refractivity contribution >= 4 is 22.6 Å². The second-order valence-corrected chi connectivity index (χ2v) is 7.06. The summed E-state index contributed by atoms with van der Waals surface area (Å²) in [4.78, 5) is 27.0. The van der Waals surface area contributed by atoms with E-state index in [4.69, 9.17) is 9.47 Å². The molecule has 0 fully saturated rings. The highest BCUT2D eigenvalue weighted by Gasteiger charge is 2.35. The molecule has 0 radical (unpaired) electrons. The van der Waals surface area contributed by atoms with Crippen LogP contribution in [0.25, 0.3) is 10.8 Å². The van der Waals surface area contributed by atoms with Gasteiger partial charge in [-0.1, -0.05) is 54.6 Å². The average molecular weight is 389 g/mol. The van der Waals surface area contributed by atoms with Crippen LogP contribution in [0.2, 0.25) is 0 Å². The van der Waals surface area contributed by atoms with E-state index in [2.05, 4.69) is 0 Å². The van der Waals surface area contributed by atoms with Gasteiger partial charge in [-0.25, -0.2) is 4.79 Å². The molecule has 1 unspecified atom stereocenters. The molecule has 5 nitrogen and oxygen atoms in total. The topological polar surface area (TPSA) is 55.8 Å². The van der Waals surface area contributed by atoms with Crippen molar-refractivity contribution < 1.29 is 19.1 Å². The van der Waals surface area contributed by atoms with Crippen molar-refractivity contribution in [3.63, 3.8) is 0 Å². The molecule has 0 spiro atoms. The van der Waals surface area contributed by atoms with Gasteiger partial charge in [0.2, 0.25) is 0 Å². The summed E-state index contributed by atoms with van der Waals surface area (Å²) in [7, 11) is 0. The molecule has 148 valence electrons. The molecule has 1 aliphatic heterocycles. The number of hydrogen-bond acceptors (Lipinski definition) is 4. The van der Waals surface area contributed by atoms with Crippen LogP contribution in [-0.4, -0.2) is 36.0 Å². The number of esters is 1. The third-order valence-electron chi connectivity index (χ3n) is 5.21. The predicted octanol–water partition coefficient (Wildman–Crippen LogP) is 3.74. The molecule has 5 heteroatoms. The summed E-state index contributed by atoms with van der Waals surface area (Å²) in [6.07, 6.45) is 0.455. The second-order valence-electron chi connectivity index (χ2n) is 7.06. The number of hydrogen-bond donors (Lipinski definition) is 0. The number of amides is 1. The lowest BCUT2D eigenvalue weighted by Gasteiger charge is -2.35. The highest BCUT2D eigenvalue weighted by molar-refractivity contribution is 5.87. The van der Waals surface area contributed by atoms with Crippen molar-refractivity contribution in [3.05, 3.63) is 77.9 Å². The summed E-state index contributed by atoms with van der Waals surface area (Å²) in [5.41, 5.74) is 2.12. The molecule has 0 bridgehead atoms. The van der Waals surface area contributed by atoms with E-state index in [0.717, 1.165) is 21.9 Å². The van der Waals surface area contributed by atoms with E-state index in [1.165, 1.54) is 0 Å². The largest absolute Gasteiger partial charge is 0.484 e. The van der Waals surface area contributed by atoms with Crippen molar-refractivity contribution in [1.29, 1.82) is 0 Å². The Hall–Kier alpha value is -3.34. The standard InChI is InChI=1S/C24H23NO4/c1-2-28-24(27)22-14-19-9-5-6-10-20(19)15-25(22)23(26)16-29-21-12-11-17-7-3-4-8-18(17)13-21/h3-13,22H,2,14-16H2,1H3. The molecular weight excluding hydrogens is 366 g/mol. The van der Waals surface area contributed by atoms with Crippen molar-refractivity contribution in [3.8, 4) is 5.75 Å². The van der Waals surface area contributed by atoms with Gasteiger partial charge in [0.15, 0.2) is 6.61 Å². The smallest absolute Gasteiger partial charge is 0.329 e. The van der Waals surface area contributed by atoms with Gasteiger partial charge < -0.3 is 14.4 Å². The molecule has 1 atom stereocenters. The Balaban J connectivity index is 1.50. The number of carbonyl (C=O) groups excluding carboxylic acids is 2. The van der Waals surface area contributed by atoms with E-state index >= 15 is 0 Å². The summed E-state index contributed by atoms with van der Waals surface area (Å²) in [5, 5.41) is 2.16. The number of rotatable bonds is 5. The lowest BCUT2D eigenvalue weighted by Crippen LogP contribution is -2.50.